The molecule has 23 nitrogen and oxygen atoms in total. The zero-order valence-electron chi connectivity index (χ0n) is 70.3. The highest BCUT2D eigenvalue weighted by molar-refractivity contribution is 6.62. The summed E-state index contributed by atoms with van der Waals surface area (Å²) in [6, 6.07) is 40.4. The fourth-order valence-electron chi connectivity index (χ4n) is 18.6. The molecule has 0 spiro atoms. The van der Waals surface area contributed by atoms with Crippen molar-refractivity contribution in [3.8, 4) is 45.3 Å². The number of fused-ring (bicyclic) bond motifs is 9. The van der Waals surface area contributed by atoms with E-state index in [4.69, 9.17) is 62.1 Å². The lowest BCUT2D eigenvalue weighted by atomic mass is 9.78. The van der Waals surface area contributed by atoms with Crippen molar-refractivity contribution in [1.29, 1.82) is 0 Å². The SMILES string of the molecule is COc1ccc(Cn2c(=O)c3cnn(C4CCOCC4)c3c3ccc(-c4c(C)cc(C5=CCOCC5)cc4C)cc32)c(OC)c1.COc1ccc(Cn2c(=O)c3cnn(C4CCOCC4)c3c3ccc(B4OC(C)(C)C(C)(C)O4)cc32)c(OC)c1.Cc1cc(C2CCOCC2)cc(C)c1-c1ccc2c(c1)[nH]c(=O)c1cnn(C3CCOCC3)c12. The molecule has 6 aromatic heterocycles. The molecular formula is C95H106BN9O14. The number of H-pyrrole nitrogens is 1. The number of benzene rings is 7. The van der Waals surface area contributed by atoms with E-state index in [1.54, 1.807) is 51.6 Å². The largest absolute Gasteiger partial charge is 0.497 e. The summed E-state index contributed by atoms with van der Waals surface area (Å²) in [7, 11) is 5.97. The standard InChI is InChI=1S/C37H39N3O5.C30H36BN3O6.C28H31N3O3/c1-23-17-28(25-9-13-44-14-10-25)18-24(2)35(23)26-6-8-31-33(19-26)39(22-27-5-7-30(42-3)20-34(27)43-4)37(41)32-21-38-40(36(31)32)29-11-15-45-16-12-29;1-29(2)30(3,4)40-31(39-29)20-8-10-23-25(15-20)33(18-19-7-9-22(36-5)16-26(19)37-6)28(35)24-17-32-34(27(23)24)21-11-13-38-14-12-21;1-17-13-21(19-5-9-33-10-6-19)14-18(2)26(17)20-3-4-23-25(15-20)30-28(32)24-16-29-31(27(23)24)22-7-11-34-12-8-22/h5-9,17-21,29H,10-16,22H2,1-4H3;7-10,15-17,21H,11-14,18H2,1-6H3;3-4,13-16,19,22H,5-12H2,1-2H3,(H,30,32). The molecule has 0 amide bonds. The molecule has 12 heterocycles. The summed E-state index contributed by atoms with van der Waals surface area (Å²) in [6.07, 6.45) is 15.7. The average Bonchev–Trinajstić information content (AvgIpc) is 1.65. The van der Waals surface area contributed by atoms with Gasteiger partial charge in [-0.15, -0.1) is 0 Å². The first-order valence-electron chi connectivity index (χ1n) is 41.9. The third-order valence-electron chi connectivity index (χ3n) is 25.7. The van der Waals surface area contributed by atoms with Gasteiger partial charge in [0.1, 0.15) is 23.0 Å². The minimum Gasteiger partial charge on any atom is -0.497 e. The van der Waals surface area contributed by atoms with Gasteiger partial charge in [-0.2, -0.15) is 15.3 Å². The summed E-state index contributed by atoms with van der Waals surface area (Å²) in [5.74, 6) is 3.29. The van der Waals surface area contributed by atoms with E-state index in [9.17, 15) is 14.4 Å². The Bertz CT molecular complexity index is 6180. The van der Waals surface area contributed by atoms with Gasteiger partial charge in [0.2, 0.25) is 0 Å². The summed E-state index contributed by atoms with van der Waals surface area (Å²) in [5.41, 5.74) is 20.2. The van der Waals surface area contributed by atoms with Gasteiger partial charge < -0.3 is 66.1 Å². The number of ether oxygens (including phenoxy) is 9. The molecule has 0 unspecified atom stereocenters. The van der Waals surface area contributed by atoms with E-state index < -0.39 is 18.3 Å². The normalized spacial score (nSPS) is 17.6. The maximum absolute atomic E-state index is 14.4. The number of rotatable bonds is 16. The molecule has 0 radical (unpaired) electrons. The highest BCUT2D eigenvalue weighted by Crippen LogP contribution is 2.42. The Hall–Kier alpha value is -10.7. The molecule has 0 aliphatic carbocycles. The second-order valence-corrected chi connectivity index (χ2v) is 33.5. The molecule has 5 fully saturated rings. The van der Waals surface area contributed by atoms with E-state index in [-0.39, 0.29) is 34.8 Å². The maximum atomic E-state index is 14.4. The van der Waals surface area contributed by atoms with Gasteiger partial charge >= 0.3 is 7.12 Å². The molecule has 5 saturated heterocycles. The minimum atomic E-state index is -0.551. The van der Waals surface area contributed by atoms with Crippen LogP contribution >= 0.6 is 0 Å². The molecule has 19 rings (SSSR count). The third kappa shape index (κ3) is 15.6. The van der Waals surface area contributed by atoms with Crippen LogP contribution in [0.2, 0.25) is 0 Å². The number of hydrogen-bond donors (Lipinski definition) is 1. The summed E-state index contributed by atoms with van der Waals surface area (Å²) in [5, 5.41) is 19.0. The van der Waals surface area contributed by atoms with E-state index in [2.05, 4.69) is 115 Å². The zero-order valence-corrected chi connectivity index (χ0v) is 70.3. The van der Waals surface area contributed by atoms with Crippen LogP contribution in [-0.2, 0) is 46.1 Å². The molecule has 0 saturated carbocycles. The number of hydrogen-bond acceptors (Lipinski definition) is 17. The van der Waals surface area contributed by atoms with Gasteiger partial charge in [0.15, 0.2) is 0 Å². The number of nitrogens with one attached hydrogen (secondary N) is 1. The Morgan fingerprint density at radius 3 is 1.35 bits per heavy atom. The van der Waals surface area contributed by atoms with Gasteiger partial charge in [0.05, 0.1) is 152 Å². The quantitative estimate of drug-likeness (QED) is 0.0886. The van der Waals surface area contributed by atoms with Gasteiger partial charge in [-0.25, -0.2) is 0 Å². The molecule has 13 aromatic rings. The van der Waals surface area contributed by atoms with Crippen LogP contribution in [0.1, 0.15) is 154 Å². The summed E-state index contributed by atoms with van der Waals surface area (Å²) in [6.45, 7) is 24.9. The van der Waals surface area contributed by atoms with Crippen molar-refractivity contribution in [3.05, 3.63) is 215 Å². The highest BCUT2D eigenvalue weighted by atomic mass is 16.7. The molecular weight excluding hydrogens is 1500 g/mol. The first-order valence-corrected chi connectivity index (χ1v) is 41.9. The molecule has 6 aliphatic rings. The molecule has 7 aromatic carbocycles. The molecule has 618 valence electrons. The Morgan fingerprint density at radius 1 is 0.445 bits per heavy atom. The van der Waals surface area contributed by atoms with E-state index >= 15 is 0 Å². The lowest BCUT2D eigenvalue weighted by molar-refractivity contribution is 0.00578. The third-order valence-corrected chi connectivity index (χ3v) is 25.7. The minimum absolute atomic E-state index is 0.0684. The number of aromatic amines is 1. The Labute approximate surface area is 692 Å². The monoisotopic (exact) mass is 1610 g/mol. The Kier molecular flexibility index (Phi) is 22.9. The number of pyridine rings is 3. The molecule has 1 N–H and O–H groups in total. The zero-order chi connectivity index (χ0) is 82.5. The van der Waals surface area contributed by atoms with Gasteiger partial charge in [-0.3, -0.25) is 28.4 Å². The van der Waals surface area contributed by atoms with Gasteiger partial charge in [-0.05, 0) is 228 Å². The van der Waals surface area contributed by atoms with Crippen molar-refractivity contribution in [2.45, 2.75) is 162 Å². The van der Waals surface area contributed by atoms with E-state index in [0.717, 1.165) is 168 Å². The predicted octanol–water partition coefficient (Wildman–Crippen LogP) is 16.3. The van der Waals surface area contributed by atoms with Crippen molar-refractivity contribution in [1.82, 2.24) is 43.5 Å². The first kappa shape index (κ1) is 80.7. The van der Waals surface area contributed by atoms with Crippen molar-refractivity contribution in [2.24, 2.45) is 0 Å². The van der Waals surface area contributed by atoms with Crippen LogP contribution < -0.4 is 41.1 Å². The number of nitrogens with zero attached hydrogens (tertiary/aromatic N) is 8. The van der Waals surface area contributed by atoms with Crippen LogP contribution in [-0.4, -0.2) is 156 Å². The molecule has 0 atom stereocenters. The van der Waals surface area contributed by atoms with Crippen LogP contribution in [0, 0.1) is 27.7 Å². The molecule has 119 heavy (non-hydrogen) atoms. The predicted molar refractivity (Wildman–Crippen MR) is 467 cm³/mol. The van der Waals surface area contributed by atoms with Gasteiger partial charge in [0.25, 0.3) is 16.7 Å². The summed E-state index contributed by atoms with van der Waals surface area (Å²) >= 11 is 0. The number of aromatic nitrogens is 9. The molecule has 0 bridgehead atoms. The van der Waals surface area contributed by atoms with Crippen LogP contribution in [0.15, 0.2) is 154 Å². The number of aryl methyl sites for hydroxylation is 4. The molecule has 6 aliphatic heterocycles. The van der Waals surface area contributed by atoms with Crippen molar-refractivity contribution in [2.75, 3.05) is 94.5 Å². The van der Waals surface area contributed by atoms with Crippen LogP contribution in [0.5, 0.6) is 23.0 Å². The summed E-state index contributed by atoms with van der Waals surface area (Å²) < 4.78 is 72.6. The average molecular weight is 1610 g/mol. The van der Waals surface area contributed by atoms with Gasteiger partial charge in [-0.1, -0.05) is 66.7 Å². The van der Waals surface area contributed by atoms with E-state index in [1.165, 1.54) is 50.1 Å². The van der Waals surface area contributed by atoms with E-state index in [0.29, 0.717) is 91.2 Å². The van der Waals surface area contributed by atoms with Crippen molar-refractivity contribution >= 4 is 83.6 Å². The topological polar surface area (TPSA) is 232 Å². The fourth-order valence-corrected chi connectivity index (χ4v) is 18.6. The van der Waals surface area contributed by atoms with Crippen LogP contribution in [0.4, 0.5) is 0 Å². The smallest absolute Gasteiger partial charge is 0.494 e. The lowest BCUT2D eigenvalue weighted by Gasteiger charge is -2.32. The Balaban J connectivity index is 0.000000129. The second kappa shape index (κ2) is 33.8. The Morgan fingerprint density at radius 2 is 0.882 bits per heavy atom. The highest BCUT2D eigenvalue weighted by Gasteiger charge is 2.52. The molecule has 24 heteroatoms. The number of methoxy groups -OCH3 is 4. The maximum Gasteiger partial charge on any atom is 0.494 e. The van der Waals surface area contributed by atoms with Gasteiger partial charge in [0, 0.05) is 92.3 Å². The van der Waals surface area contributed by atoms with Crippen molar-refractivity contribution < 1.29 is 51.9 Å². The van der Waals surface area contributed by atoms with Crippen LogP contribution in [0.3, 0.4) is 0 Å². The lowest BCUT2D eigenvalue weighted by Crippen LogP contribution is -2.41. The van der Waals surface area contributed by atoms with Crippen molar-refractivity contribution in [3.63, 3.8) is 0 Å². The van der Waals surface area contributed by atoms with Crippen LogP contribution in [0.25, 0.3) is 93.2 Å². The second-order valence-electron chi connectivity index (χ2n) is 33.5. The first-order chi connectivity index (χ1) is 57.7. The van der Waals surface area contributed by atoms with E-state index in [1.807, 2.05) is 90.2 Å². The summed E-state index contributed by atoms with van der Waals surface area (Å²) in [4.78, 5) is 44.6. The fraction of sp³-hybridized carbons (Fsp3) is 0.411.